The highest BCUT2D eigenvalue weighted by Crippen LogP contribution is 2.32. The number of pyridine rings is 1. The van der Waals surface area contributed by atoms with Crippen LogP contribution in [0.2, 0.25) is 0 Å². The Kier molecular flexibility index (Phi) is 6.49. The van der Waals surface area contributed by atoms with Gasteiger partial charge in [0.2, 0.25) is 5.91 Å². The van der Waals surface area contributed by atoms with Gasteiger partial charge < -0.3 is 4.90 Å². The molecule has 0 bridgehead atoms. The lowest BCUT2D eigenvalue weighted by Gasteiger charge is -2.27. The number of amides is 1. The van der Waals surface area contributed by atoms with Crippen LogP contribution in [0, 0.1) is 0 Å². The Morgan fingerprint density at radius 1 is 1.03 bits per heavy atom. The third-order valence-corrected chi connectivity index (χ3v) is 7.65. The zero-order chi connectivity index (χ0) is 26.2. The van der Waals surface area contributed by atoms with Crippen LogP contribution in [0.25, 0.3) is 17.1 Å². The predicted octanol–water partition coefficient (Wildman–Crippen LogP) is 4.75. The molecule has 8 nitrogen and oxygen atoms in total. The molecule has 0 atom stereocenters. The van der Waals surface area contributed by atoms with Gasteiger partial charge in [0.25, 0.3) is 0 Å². The van der Waals surface area contributed by atoms with E-state index in [4.69, 9.17) is 10.1 Å². The van der Waals surface area contributed by atoms with E-state index in [0.29, 0.717) is 30.5 Å². The molecular formula is C30H33N7O. The molecular weight excluding hydrogens is 474 g/mol. The summed E-state index contributed by atoms with van der Waals surface area (Å²) in [5, 5.41) is 4.87. The van der Waals surface area contributed by atoms with Crippen molar-refractivity contribution in [3.63, 3.8) is 0 Å². The quantitative estimate of drug-likeness (QED) is 0.375. The third-order valence-electron chi connectivity index (χ3n) is 7.65. The van der Waals surface area contributed by atoms with E-state index in [1.54, 1.807) is 17.3 Å². The van der Waals surface area contributed by atoms with Crippen molar-refractivity contribution >= 4 is 11.7 Å². The van der Waals surface area contributed by atoms with Crippen LogP contribution in [-0.2, 0) is 17.8 Å². The van der Waals surface area contributed by atoms with Crippen molar-refractivity contribution in [1.29, 1.82) is 0 Å². The number of nitrogens with zero attached hydrogens (tertiary/aromatic N) is 7. The van der Waals surface area contributed by atoms with Crippen molar-refractivity contribution in [2.75, 3.05) is 25.0 Å². The molecule has 5 heterocycles. The summed E-state index contributed by atoms with van der Waals surface area (Å²) in [5.74, 6) is 2.12. The highest BCUT2D eigenvalue weighted by molar-refractivity contribution is 6.00. The SMILES string of the molecule is CC(C)c1ncccc1-c1ncc2c(n1)N(Cc1ccc(-n3ccc(C4CCN(C)CC4)n3)cc1)C(=O)C2. The molecule has 0 aliphatic carbocycles. The van der Waals surface area contributed by atoms with Crippen molar-refractivity contribution in [3.05, 3.63) is 83.6 Å². The van der Waals surface area contributed by atoms with Crippen LogP contribution in [0.3, 0.4) is 0 Å². The van der Waals surface area contributed by atoms with Gasteiger partial charge in [-0.05, 0) is 74.8 Å². The van der Waals surface area contributed by atoms with Crippen molar-refractivity contribution in [2.24, 2.45) is 0 Å². The summed E-state index contributed by atoms with van der Waals surface area (Å²) in [6.07, 6.45) is 8.27. The molecule has 2 aliphatic rings. The van der Waals surface area contributed by atoms with E-state index in [0.717, 1.165) is 54.0 Å². The number of carbonyl (C=O) groups excluding carboxylic acids is 1. The van der Waals surface area contributed by atoms with Crippen LogP contribution in [0.4, 0.5) is 5.82 Å². The molecule has 1 aromatic carbocycles. The number of piperidine rings is 1. The minimum absolute atomic E-state index is 0.0423. The van der Waals surface area contributed by atoms with Gasteiger partial charge in [0.05, 0.1) is 30.0 Å². The van der Waals surface area contributed by atoms with E-state index in [1.807, 2.05) is 23.0 Å². The molecule has 1 amide bonds. The molecule has 0 N–H and O–H groups in total. The minimum atomic E-state index is 0.0423. The lowest BCUT2D eigenvalue weighted by Crippen LogP contribution is -2.29. The molecule has 38 heavy (non-hydrogen) atoms. The van der Waals surface area contributed by atoms with Crippen LogP contribution in [0.1, 0.15) is 61.0 Å². The Bertz CT molecular complexity index is 1450. The normalized spacial score (nSPS) is 16.4. The lowest BCUT2D eigenvalue weighted by molar-refractivity contribution is -0.117. The third kappa shape index (κ3) is 4.72. The van der Waals surface area contributed by atoms with Crippen molar-refractivity contribution < 1.29 is 4.79 Å². The van der Waals surface area contributed by atoms with Crippen LogP contribution in [0.5, 0.6) is 0 Å². The Hall–Kier alpha value is -3.91. The molecule has 2 aliphatic heterocycles. The molecule has 0 spiro atoms. The Balaban J connectivity index is 1.20. The second-order valence-corrected chi connectivity index (χ2v) is 10.7. The monoisotopic (exact) mass is 507 g/mol. The van der Waals surface area contributed by atoms with Gasteiger partial charge in [-0.3, -0.25) is 14.7 Å². The summed E-state index contributed by atoms with van der Waals surface area (Å²) in [4.78, 5) is 31.1. The van der Waals surface area contributed by atoms with Gasteiger partial charge in [-0.2, -0.15) is 5.10 Å². The fraction of sp³-hybridized carbons (Fsp3) is 0.367. The molecule has 194 valence electrons. The summed E-state index contributed by atoms with van der Waals surface area (Å²) in [6, 6.07) is 14.3. The van der Waals surface area contributed by atoms with E-state index in [-0.39, 0.29) is 11.8 Å². The molecule has 0 saturated carbocycles. The maximum Gasteiger partial charge on any atom is 0.233 e. The Morgan fingerprint density at radius 3 is 2.58 bits per heavy atom. The number of carbonyl (C=O) groups is 1. The standard InChI is InChI=1S/C30H33N7O/c1-20(2)28-25(5-4-13-31-28)29-32-18-23-17-27(38)36(30(23)33-29)19-21-6-8-24(9-7-21)37-16-12-26(34-37)22-10-14-35(3)15-11-22/h4-9,12-13,16,18,20,22H,10-11,14-15,17,19H2,1-3H3. The number of fused-ring (bicyclic) bond motifs is 1. The van der Waals surface area contributed by atoms with Crippen molar-refractivity contribution in [2.45, 2.75) is 51.5 Å². The maximum atomic E-state index is 12.9. The topological polar surface area (TPSA) is 80.0 Å². The molecule has 0 unspecified atom stereocenters. The van der Waals surface area contributed by atoms with Crippen molar-refractivity contribution in [1.82, 2.24) is 29.6 Å². The van der Waals surface area contributed by atoms with Crippen LogP contribution in [-0.4, -0.2) is 55.7 Å². The molecule has 1 fully saturated rings. The average molecular weight is 508 g/mol. The van der Waals surface area contributed by atoms with E-state index in [9.17, 15) is 4.79 Å². The molecule has 4 aromatic rings. The van der Waals surface area contributed by atoms with Gasteiger partial charge in [0.15, 0.2) is 5.82 Å². The van der Waals surface area contributed by atoms with E-state index >= 15 is 0 Å². The molecule has 3 aromatic heterocycles. The van der Waals surface area contributed by atoms with Gasteiger partial charge in [0.1, 0.15) is 5.82 Å². The molecule has 8 heteroatoms. The first kappa shape index (κ1) is 24.4. The average Bonchev–Trinajstić information content (AvgIpc) is 3.54. The fourth-order valence-corrected chi connectivity index (χ4v) is 5.43. The number of aromatic nitrogens is 5. The summed E-state index contributed by atoms with van der Waals surface area (Å²) in [6.45, 7) is 6.93. The second-order valence-electron chi connectivity index (χ2n) is 10.7. The van der Waals surface area contributed by atoms with Crippen LogP contribution in [0.15, 0.2) is 61.1 Å². The number of benzene rings is 1. The lowest BCUT2D eigenvalue weighted by atomic mass is 9.94. The van der Waals surface area contributed by atoms with Crippen LogP contribution < -0.4 is 4.90 Å². The van der Waals surface area contributed by atoms with E-state index in [2.05, 4.69) is 66.1 Å². The number of anilines is 1. The van der Waals surface area contributed by atoms with Gasteiger partial charge in [-0.25, -0.2) is 14.6 Å². The Labute approximate surface area is 223 Å². The van der Waals surface area contributed by atoms with E-state index < -0.39 is 0 Å². The predicted molar refractivity (Wildman–Crippen MR) is 147 cm³/mol. The second kappa shape index (κ2) is 10.1. The highest BCUT2D eigenvalue weighted by Gasteiger charge is 2.30. The number of rotatable bonds is 6. The molecule has 6 rings (SSSR count). The maximum absolute atomic E-state index is 12.9. The number of hydrogen-bond acceptors (Lipinski definition) is 6. The van der Waals surface area contributed by atoms with Gasteiger partial charge >= 0.3 is 0 Å². The summed E-state index contributed by atoms with van der Waals surface area (Å²) < 4.78 is 1.95. The van der Waals surface area contributed by atoms with Gasteiger partial charge in [0, 0.05) is 35.6 Å². The first-order valence-corrected chi connectivity index (χ1v) is 13.4. The summed E-state index contributed by atoms with van der Waals surface area (Å²) in [7, 11) is 2.18. The first-order chi connectivity index (χ1) is 18.5. The van der Waals surface area contributed by atoms with Gasteiger partial charge in [-0.1, -0.05) is 26.0 Å². The fourth-order valence-electron chi connectivity index (χ4n) is 5.43. The summed E-state index contributed by atoms with van der Waals surface area (Å²) >= 11 is 0. The zero-order valence-electron chi connectivity index (χ0n) is 22.2. The Morgan fingerprint density at radius 2 is 1.82 bits per heavy atom. The van der Waals surface area contributed by atoms with Crippen molar-refractivity contribution in [3.8, 4) is 17.1 Å². The molecule has 1 saturated heterocycles. The smallest absolute Gasteiger partial charge is 0.233 e. The highest BCUT2D eigenvalue weighted by atomic mass is 16.2. The number of likely N-dealkylation sites (tertiary alicyclic amines) is 1. The van der Waals surface area contributed by atoms with Gasteiger partial charge in [-0.15, -0.1) is 0 Å². The molecule has 0 radical (unpaired) electrons. The summed E-state index contributed by atoms with van der Waals surface area (Å²) in [5.41, 5.74) is 5.96. The van der Waals surface area contributed by atoms with Crippen LogP contribution >= 0.6 is 0 Å². The largest absolute Gasteiger partial charge is 0.306 e. The zero-order valence-corrected chi connectivity index (χ0v) is 22.2. The minimum Gasteiger partial charge on any atom is -0.306 e. The van der Waals surface area contributed by atoms with E-state index in [1.165, 1.54) is 5.69 Å². The first-order valence-electron chi connectivity index (χ1n) is 13.4. The number of hydrogen-bond donors (Lipinski definition) is 0.